The molecule has 1 amide bonds. The molecule has 0 aromatic rings. The quantitative estimate of drug-likeness (QED) is 0.730. The highest BCUT2D eigenvalue weighted by atomic mass is 16.3. The second kappa shape index (κ2) is 6.86. The Kier molecular flexibility index (Phi) is 5.77. The Bertz CT molecular complexity index is 221. The zero-order valence-corrected chi connectivity index (χ0v) is 10.4. The van der Waals surface area contributed by atoms with Gasteiger partial charge in [-0.25, -0.2) is 0 Å². The minimum Gasteiger partial charge on any atom is -0.394 e. The van der Waals surface area contributed by atoms with E-state index >= 15 is 0 Å². The Morgan fingerprint density at radius 2 is 2.31 bits per heavy atom. The lowest BCUT2D eigenvalue weighted by atomic mass is 10.0. The van der Waals surface area contributed by atoms with E-state index in [9.17, 15) is 9.90 Å². The van der Waals surface area contributed by atoms with Crippen LogP contribution < -0.4 is 5.32 Å². The second-order valence-corrected chi connectivity index (χ2v) is 4.58. The highest BCUT2D eigenvalue weighted by molar-refractivity contribution is 5.77. The van der Waals surface area contributed by atoms with E-state index in [-0.39, 0.29) is 24.6 Å². The lowest BCUT2D eigenvalue weighted by Gasteiger charge is -2.35. The Labute approximate surface area is 98.0 Å². The van der Waals surface area contributed by atoms with Gasteiger partial charge in [-0.2, -0.15) is 0 Å². The van der Waals surface area contributed by atoms with Crippen molar-refractivity contribution in [2.45, 2.75) is 51.6 Å². The Morgan fingerprint density at radius 1 is 1.56 bits per heavy atom. The third kappa shape index (κ3) is 3.76. The fourth-order valence-electron chi connectivity index (χ4n) is 2.32. The zero-order valence-electron chi connectivity index (χ0n) is 10.4. The molecule has 4 nitrogen and oxygen atoms in total. The van der Waals surface area contributed by atoms with E-state index in [1.54, 1.807) is 0 Å². The first-order valence-electron chi connectivity index (χ1n) is 6.32. The van der Waals surface area contributed by atoms with Crippen molar-refractivity contribution in [3.05, 3.63) is 0 Å². The number of amides is 1. The highest BCUT2D eigenvalue weighted by Crippen LogP contribution is 2.17. The maximum Gasteiger partial charge on any atom is 0.224 e. The van der Waals surface area contributed by atoms with Crippen molar-refractivity contribution in [2.24, 2.45) is 0 Å². The minimum absolute atomic E-state index is 0.0510. The molecular formula is C12H24N2O2. The molecule has 0 saturated carbocycles. The van der Waals surface area contributed by atoms with Crippen molar-refractivity contribution in [1.82, 2.24) is 10.2 Å². The predicted molar refractivity (Wildman–Crippen MR) is 64.2 cm³/mol. The molecule has 1 aliphatic rings. The Morgan fingerprint density at radius 3 is 2.94 bits per heavy atom. The van der Waals surface area contributed by atoms with E-state index in [1.165, 1.54) is 0 Å². The fourth-order valence-corrected chi connectivity index (χ4v) is 2.32. The Hall–Kier alpha value is -0.610. The predicted octanol–water partition coefficient (Wildman–Crippen LogP) is 0.748. The summed E-state index contributed by atoms with van der Waals surface area (Å²) < 4.78 is 0. The van der Waals surface area contributed by atoms with Gasteiger partial charge in [-0.15, -0.1) is 0 Å². The first-order chi connectivity index (χ1) is 7.69. The summed E-state index contributed by atoms with van der Waals surface area (Å²) in [6.07, 6.45) is 3.66. The van der Waals surface area contributed by atoms with E-state index in [0.717, 1.165) is 32.4 Å². The molecule has 1 aliphatic heterocycles. The van der Waals surface area contributed by atoms with Gasteiger partial charge in [0.15, 0.2) is 0 Å². The van der Waals surface area contributed by atoms with Crippen LogP contribution in [0.1, 0.15) is 39.5 Å². The molecule has 4 heteroatoms. The van der Waals surface area contributed by atoms with Crippen molar-refractivity contribution < 1.29 is 9.90 Å². The number of rotatable bonds is 5. The number of aliphatic hydroxyl groups is 1. The van der Waals surface area contributed by atoms with Gasteiger partial charge in [0.2, 0.25) is 5.91 Å². The van der Waals surface area contributed by atoms with Crippen molar-refractivity contribution in [3.8, 4) is 0 Å². The number of hydrogen-bond acceptors (Lipinski definition) is 3. The van der Waals surface area contributed by atoms with E-state index in [0.29, 0.717) is 6.42 Å². The number of hydrogen-bond donors (Lipinski definition) is 2. The number of nitrogens with zero attached hydrogens (tertiary/aromatic N) is 1. The molecule has 0 aromatic heterocycles. The summed E-state index contributed by atoms with van der Waals surface area (Å²) in [6.45, 7) is 5.86. The third-order valence-electron chi connectivity index (χ3n) is 3.19. The summed E-state index contributed by atoms with van der Waals surface area (Å²) in [4.78, 5) is 13.9. The van der Waals surface area contributed by atoms with Crippen LogP contribution in [0.3, 0.4) is 0 Å². The van der Waals surface area contributed by atoms with Crippen LogP contribution in [0.15, 0.2) is 0 Å². The second-order valence-electron chi connectivity index (χ2n) is 4.58. The van der Waals surface area contributed by atoms with Gasteiger partial charge >= 0.3 is 0 Å². The molecule has 1 rings (SSSR count). The maximum absolute atomic E-state index is 12.0. The smallest absolute Gasteiger partial charge is 0.224 e. The van der Waals surface area contributed by atoms with E-state index in [4.69, 9.17) is 0 Å². The zero-order chi connectivity index (χ0) is 12.0. The number of likely N-dealkylation sites (tertiary alicyclic amines) is 1. The van der Waals surface area contributed by atoms with Crippen molar-refractivity contribution >= 4 is 5.91 Å². The summed E-state index contributed by atoms with van der Waals surface area (Å²) >= 11 is 0. The first kappa shape index (κ1) is 13.5. The van der Waals surface area contributed by atoms with E-state index in [1.807, 2.05) is 18.7 Å². The standard InChI is InChI=1S/C12H24N2O2/c1-3-13-10(2)8-12(16)14-7-5-4-6-11(14)9-15/h10-11,13,15H,3-9H2,1-2H3. The van der Waals surface area contributed by atoms with Gasteiger partial charge in [0, 0.05) is 19.0 Å². The summed E-state index contributed by atoms with van der Waals surface area (Å²) in [5.74, 6) is 0.173. The molecular weight excluding hydrogens is 204 g/mol. The van der Waals surface area contributed by atoms with Gasteiger partial charge in [-0.05, 0) is 32.7 Å². The summed E-state index contributed by atoms with van der Waals surface area (Å²) in [6, 6.07) is 0.272. The number of carbonyl (C=O) groups is 1. The number of aliphatic hydroxyl groups excluding tert-OH is 1. The van der Waals surface area contributed by atoms with Crippen LogP contribution in [0.4, 0.5) is 0 Å². The van der Waals surface area contributed by atoms with Crippen molar-refractivity contribution in [2.75, 3.05) is 19.7 Å². The molecule has 0 aliphatic carbocycles. The molecule has 0 bridgehead atoms. The molecule has 1 saturated heterocycles. The molecule has 0 spiro atoms. The van der Waals surface area contributed by atoms with Crippen LogP contribution in [-0.2, 0) is 4.79 Å². The van der Waals surface area contributed by atoms with Crippen molar-refractivity contribution in [3.63, 3.8) is 0 Å². The average molecular weight is 228 g/mol. The van der Waals surface area contributed by atoms with Crippen LogP contribution in [0.25, 0.3) is 0 Å². The topological polar surface area (TPSA) is 52.6 Å². The molecule has 16 heavy (non-hydrogen) atoms. The fraction of sp³-hybridized carbons (Fsp3) is 0.917. The maximum atomic E-state index is 12.0. The lowest BCUT2D eigenvalue weighted by Crippen LogP contribution is -2.47. The summed E-state index contributed by atoms with van der Waals surface area (Å²) in [5.41, 5.74) is 0. The molecule has 2 unspecified atom stereocenters. The molecule has 1 fully saturated rings. The minimum atomic E-state index is 0.0510. The van der Waals surface area contributed by atoms with Gasteiger partial charge in [0.25, 0.3) is 0 Å². The van der Waals surface area contributed by atoms with Gasteiger partial charge in [-0.1, -0.05) is 6.92 Å². The number of nitrogens with one attached hydrogen (secondary N) is 1. The monoisotopic (exact) mass is 228 g/mol. The lowest BCUT2D eigenvalue weighted by molar-refractivity contribution is -0.136. The average Bonchev–Trinajstić information content (AvgIpc) is 2.29. The summed E-state index contributed by atoms with van der Waals surface area (Å²) in [7, 11) is 0. The van der Waals surface area contributed by atoms with Gasteiger partial charge in [-0.3, -0.25) is 4.79 Å². The van der Waals surface area contributed by atoms with E-state index < -0.39 is 0 Å². The van der Waals surface area contributed by atoms with Crippen LogP contribution in [0.2, 0.25) is 0 Å². The molecule has 0 radical (unpaired) electrons. The van der Waals surface area contributed by atoms with Crippen LogP contribution >= 0.6 is 0 Å². The Balaban J connectivity index is 2.44. The SMILES string of the molecule is CCNC(C)CC(=O)N1CCCCC1CO. The van der Waals surface area contributed by atoms with Crippen molar-refractivity contribution in [1.29, 1.82) is 0 Å². The number of carbonyl (C=O) groups excluding carboxylic acids is 1. The molecule has 0 aromatic carbocycles. The first-order valence-corrected chi connectivity index (χ1v) is 6.32. The van der Waals surface area contributed by atoms with Crippen LogP contribution in [0.5, 0.6) is 0 Å². The van der Waals surface area contributed by atoms with Crippen LogP contribution in [-0.4, -0.2) is 47.7 Å². The third-order valence-corrected chi connectivity index (χ3v) is 3.19. The molecule has 1 heterocycles. The van der Waals surface area contributed by atoms with Gasteiger partial charge in [0.05, 0.1) is 12.6 Å². The largest absolute Gasteiger partial charge is 0.394 e. The number of piperidine rings is 1. The highest BCUT2D eigenvalue weighted by Gasteiger charge is 2.26. The molecule has 94 valence electrons. The molecule has 2 N–H and O–H groups in total. The normalized spacial score (nSPS) is 23.2. The van der Waals surface area contributed by atoms with Gasteiger partial charge in [0.1, 0.15) is 0 Å². The molecule has 2 atom stereocenters. The van der Waals surface area contributed by atoms with Gasteiger partial charge < -0.3 is 15.3 Å². The summed E-state index contributed by atoms with van der Waals surface area (Å²) in [5, 5.41) is 12.5. The van der Waals surface area contributed by atoms with E-state index in [2.05, 4.69) is 5.32 Å². The van der Waals surface area contributed by atoms with Crippen LogP contribution in [0, 0.1) is 0 Å².